The van der Waals surface area contributed by atoms with Gasteiger partial charge < -0.3 is 25.8 Å². The van der Waals surface area contributed by atoms with E-state index < -0.39 is 35.2 Å². The second-order valence-corrected chi connectivity index (χ2v) is 13.7. The second-order valence-electron chi connectivity index (χ2n) is 13.7. The molecule has 1 unspecified atom stereocenters. The molecule has 4 heterocycles. The van der Waals surface area contributed by atoms with Crippen LogP contribution in [0, 0.1) is 19.7 Å². The Morgan fingerprint density at radius 2 is 1.84 bits per heavy atom. The number of pyridine rings is 1. The fraction of sp³-hybridized carbons (Fsp3) is 0.486. The molecule has 3 aromatic rings. The van der Waals surface area contributed by atoms with Crippen molar-refractivity contribution in [1.82, 2.24) is 20.3 Å². The van der Waals surface area contributed by atoms with Crippen molar-refractivity contribution in [3.8, 4) is 11.1 Å². The van der Waals surface area contributed by atoms with E-state index in [9.17, 15) is 27.9 Å². The molecule has 2 aromatic heterocycles. The van der Waals surface area contributed by atoms with Gasteiger partial charge in [-0.25, -0.2) is 19.3 Å². The van der Waals surface area contributed by atoms with E-state index in [2.05, 4.69) is 20.3 Å². The maximum atomic E-state index is 16.1. The van der Waals surface area contributed by atoms with Crippen molar-refractivity contribution in [2.75, 3.05) is 11.4 Å². The number of aliphatic imine (C=N–C) groups is 1. The number of piperidine rings is 1. The molecule has 2 aliphatic carbocycles. The van der Waals surface area contributed by atoms with Gasteiger partial charge in [0.1, 0.15) is 22.9 Å². The van der Waals surface area contributed by atoms with E-state index in [1.165, 1.54) is 12.1 Å². The third-order valence-corrected chi connectivity index (χ3v) is 9.91. The highest BCUT2D eigenvalue weighted by Crippen LogP contribution is 2.44. The Labute approximate surface area is 285 Å². The molecule has 2 saturated carbocycles. The van der Waals surface area contributed by atoms with Crippen LogP contribution in [-0.4, -0.2) is 61.9 Å². The fourth-order valence-corrected chi connectivity index (χ4v) is 7.05. The largest absolute Gasteiger partial charge is 0.433 e. The molecule has 4 aliphatic rings. The van der Waals surface area contributed by atoms with Crippen molar-refractivity contribution < 1.29 is 37.0 Å². The van der Waals surface area contributed by atoms with Crippen LogP contribution in [0.1, 0.15) is 97.2 Å². The highest BCUT2D eigenvalue weighted by molar-refractivity contribution is 6.16. The summed E-state index contributed by atoms with van der Waals surface area (Å²) < 4.78 is 62.5. The standard InChI is InChI=1S/C35H37F4N7O4/c1-16-14-34(33(49)44-31(45-34)22-8-9-26(35(37,38)39)43-28(22)19-4-5-19)10-11-46(16)25-13-20(12-24(36)23(25)15-50-21-6-7-21)27-17(2)41-32(42-18(27)3)29(47)30(40)48/h8-9,12-13,16,19,21,29,47H,4-7,10-11,14-15H2,1-3H3,(H2,40,48)(H,44,45,49)/t16-,29?,34+/m0/s1. The first-order valence-electron chi connectivity index (χ1n) is 16.7. The van der Waals surface area contributed by atoms with E-state index in [0.29, 0.717) is 64.4 Å². The molecular formula is C35H37F4N7O4. The molecule has 11 nitrogen and oxygen atoms in total. The number of hydrogen-bond donors (Lipinski definition) is 3. The number of amidine groups is 1. The molecule has 264 valence electrons. The summed E-state index contributed by atoms with van der Waals surface area (Å²) in [5.41, 5.74) is 6.59. The highest BCUT2D eigenvalue weighted by Gasteiger charge is 2.49. The van der Waals surface area contributed by atoms with Crippen LogP contribution < -0.4 is 16.0 Å². The topological polar surface area (TPSA) is 156 Å². The number of nitrogens with zero attached hydrogens (tertiary/aromatic N) is 5. The van der Waals surface area contributed by atoms with Gasteiger partial charge in [0.25, 0.3) is 11.8 Å². The zero-order valence-electron chi connectivity index (χ0n) is 27.8. The quantitative estimate of drug-likeness (QED) is 0.273. The smallest absolute Gasteiger partial charge is 0.376 e. The first-order valence-corrected chi connectivity index (χ1v) is 16.7. The Morgan fingerprint density at radius 3 is 2.44 bits per heavy atom. The van der Waals surface area contributed by atoms with Crippen LogP contribution in [0.4, 0.5) is 23.2 Å². The number of amides is 2. The molecule has 1 saturated heterocycles. The molecule has 0 radical (unpaired) electrons. The van der Waals surface area contributed by atoms with E-state index in [1.807, 2.05) is 17.9 Å². The number of alkyl halides is 3. The number of nitrogens with two attached hydrogens (primary N) is 1. The average molecular weight is 696 g/mol. The summed E-state index contributed by atoms with van der Waals surface area (Å²) in [4.78, 5) is 44.6. The van der Waals surface area contributed by atoms with Crippen LogP contribution in [0.25, 0.3) is 11.1 Å². The van der Waals surface area contributed by atoms with Gasteiger partial charge in [-0.2, -0.15) is 13.2 Å². The number of aliphatic hydroxyl groups is 1. The maximum Gasteiger partial charge on any atom is 0.433 e. The lowest BCUT2D eigenvalue weighted by Gasteiger charge is -2.43. The Bertz CT molecular complexity index is 1900. The van der Waals surface area contributed by atoms with Crippen LogP contribution in [0.2, 0.25) is 0 Å². The number of nitrogens with one attached hydrogen (secondary N) is 1. The predicted octanol–water partition coefficient (Wildman–Crippen LogP) is 4.69. The van der Waals surface area contributed by atoms with E-state index in [-0.39, 0.29) is 55.1 Å². The summed E-state index contributed by atoms with van der Waals surface area (Å²) in [5.74, 6) is -1.86. The second kappa shape index (κ2) is 12.4. The molecule has 15 heteroatoms. The van der Waals surface area contributed by atoms with Crippen molar-refractivity contribution in [1.29, 1.82) is 0 Å². The Balaban J connectivity index is 1.22. The summed E-state index contributed by atoms with van der Waals surface area (Å²) in [5, 5.41) is 13.0. The van der Waals surface area contributed by atoms with Crippen molar-refractivity contribution in [2.45, 2.75) is 102 Å². The van der Waals surface area contributed by atoms with Crippen LogP contribution in [0.3, 0.4) is 0 Å². The molecule has 3 fully saturated rings. The predicted molar refractivity (Wildman–Crippen MR) is 174 cm³/mol. The molecule has 0 bridgehead atoms. The first-order chi connectivity index (χ1) is 23.6. The van der Waals surface area contributed by atoms with Gasteiger partial charge >= 0.3 is 6.18 Å². The third-order valence-electron chi connectivity index (χ3n) is 9.91. The number of aryl methyl sites for hydroxylation is 2. The number of aromatic nitrogens is 3. The molecule has 50 heavy (non-hydrogen) atoms. The van der Waals surface area contributed by atoms with E-state index >= 15 is 4.39 Å². The lowest BCUT2D eigenvalue weighted by atomic mass is 9.83. The zero-order valence-corrected chi connectivity index (χ0v) is 27.8. The van der Waals surface area contributed by atoms with Crippen LogP contribution in [0.15, 0.2) is 29.3 Å². The number of primary amides is 1. The van der Waals surface area contributed by atoms with Crippen LogP contribution in [-0.2, 0) is 27.1 Å². The zero-order chi connectivity index (χ0) is 35.7. The van der Waals surface area contributed by atoms with Crippen molar-refractivity contribution >= 4 is 23.3 Å². The molecular weight excluding hydrogens is 658 g/mol. The summed E-state index contributed by atoms with van der Waals surface area (Å²) in [7, 11) is 0. The number of carbonyl (C=O) groups is 2. The van der Waals surface area contributed by atoms with Gasteiger partial charge in [0.05, 0.1) is 18.4 Å². The van der Waals surface area contributed by atoms with Gasteiger partial charge in [-0.1, -0.05) is 0 Å². The monoisotopic (exact) mass is 695 g/mol. The lowest BCUT2D eigenvalue weighted by Crippen LogP contribution is -2.53. The van der Waals surface area contributed by atoms with Crippen LogP contribution >= 0.6 is 0 Å². The van der Waals surface area contributed by atoms with Crippen molar-refractivity contribution in [3.05, 3.63) is 69.8 Å². The van der Waals surface area contributed by atoms with Crippen molar-refractivity contribution in [3.63, 3.8) is 0 Å². The number of ether oxygens (including phenoxy) is 1. The number of carbonyl (C=O) groups excluding carboxylic acids is 2. The minimum atomic E-state index is -4.59. The molecule has 3 atom stereocenters. The summed E-state index contributed by atoms with van der Waals surface area (Å²) in [6.45, 7) is 5.64. The molecule has 2 aliphatic heterocycles. The van der Waals surface area contributed by atoms with E-state index in [1.54, 1.807) is 13.8 Å². The normalized spacial score (nSPS) is 22.9. The number of rotatable bonds is 9. The Morgan fingerprint density at radius 1 is 1.14 bits per heavy atom. The lowest BCUT2D eigenvalue weighted by molar-refractivity contribution is -0.141. The molecule has 1 aromatic carbocycles. The average Bonchev–Trinajstić information content (AvgIpc) is 3.98. The fourth-order valence-electron chi connectivity index (χ4n) is 7.05. The SMILES string of the molecule is Cc1nc(C(O)C(N)=O)nc(C)c1-c1cc(F)c(COC2CC2)c(N2CC[C@]3(C[C@@H]2C)N=C(c2ccc(C(F)(F)F)nc2C2CC2)NC3=O)c1. The molecule has 7 rings (SSSR count). The summed E-state index contributed by atoms with van der Waals surface area (Å²) >= 11 is 0. The van der Waals surface area contributed by atoms with Gasteiger partial charge in [-0.3, -0.25) is 14.6 Å². The highest BCUT2D eigenvalue weighted by atomic mass is 19.4. The molecule has 1 spiro atoms. The number of anilines is 1. The number of benzene rings is 1. The molecule has 4 N–H and O–H groups in total. The maximum absolute atomic E-state index is 16.1. The number of aliphatic hydroxyl groups excluding tert-OH is 1. The van der Waals surface area contributed by atoms with Gasteiger partial charge in [-0.05, 0) is 82.7 Å². The minimum Gasteiger partial charge on any atom is -0.376 e. The van der Waals surface area contributed by atoms with Crippen LogP contribution in [0.5, 0.6) is 0 Å². The summed E-state index contributed by atoms with van der Waals surface area (Å²) in [6.07, 6.45) is -2.43. The number of halogens is 4. The van der Waals surface area contributed by atoms with Gasteiger partial charge in [-0.15, -0.1) is 0 Å². The summed E-state index contributed by atoms with van der Waals surface area (Å²) in [6, 6.07) is 5.18. The van der Waals surface area contributed by atoms with Gasteiger partial charge in [0.2, 0.25) is 0 Å². The van der Waals surface area contributed by atoms with E-state index in [4.69, 9.17) is 15.5 Å². The van der Waals surface area contributed by atoms with E-state index in [0.717, 1.165) is 18.9 Å². The van der Waals surface area contributed by atoms with Crippen molar-refractivity contribution in [2.24, 2.45) is 10.7 Å². The Hall–Kier alpha value is -4.50. The Kier molecular flexibility index (Phi) is 8.41. The van der Waals surface area contributed by atoms with Gasteiger partial charge in [0, 0.05) is 58.7 Å². The third kappa shape index (κ3) is 6.32. The first kappa shape index (κ1) is 34.0. The molecule has 2 amide bonds. The minimum absolute atomic E-state index is 0.0480. The van der Waals surface area contributed by atoms with Gasteiger partial charge in [0.15, 0.2) is 11.9 Å². The number of hydrogen-bond acceptors (Lipinski definition) is 9.